The molecule has 2 aromatic rings. The van der Waals surface area contributed by atoms with Gasteiger partial charge in [0.2, 0.25) is 21.1 Å². The number of nitrogens with zero attached hydrogens (tertiary/aromatic N) is 3. The number of carbonyl (C=O) groups is 1. The molecule has 29 heavy (non-hydrogen) atoms. The lowest BCUT2D eigenvalue weighted by Gasteiger charge is -2.30. The van der Waals surface area contributed by atoms with Crippen LogP contribution in [0, 0.1) is 12.8 Å². The summed E-state index contributed by atoms with van der Waals surface area (Å²) >= 11 is 9.02. The molecule has 1 amide bonds. The van der Waals surface area contributed by atoms with Crippen LogP contribution in [0.25, 0.3) is 0 Å². The zero-order chi connectivity index (χ0) is 21.8. The Labute approximate surface area is 185 Å². The van der Waals surface area contributed by atoms with Crippen LogP contribution in [0.15, 0.2) is 22.5 Å². The van der Waals surface area contributed by atoms with Crippen LogP contribution in [0.1, 0.15) is 32.8 Å². The molecule has 0 aliphatic carbocycles. The first-order valence-corrected chi connectivity index (χ1v) is 13.1. The topological polar surface area (TPSA) is 92.3 Å². The van der Waals surface area contributed by atoms with Crippen molar-refractivity contribution in [2.24, 2.45) is 5.92 Å². The predicted molar refractivity (Wildman–Crippen MR) is 122 cm³/mol. The van der Waals surface area contributed by atoms with E-state index in [4.69, 9.17) is 11.6 Å². The van der Waals surface area contributed by atoms with Gasteiger partial charge in [0, 0.05) is 10.8 Å². The number of amides is 1. The van der Waals surface area contributed by atoms with Crippen LogP contribution in [0.4, 0.5) is 10.8 Å². The number of hydrogen-bond acceptors (Lipinski definition) is 7. The average Bonchev–Trinajstić information content (AvgIpc) is 3.06. The maximum Gasteiger partial charge on any atom is 0.250 e. The van der Waals surface area contributed by atoms with E-state index in [9.17, 15) is 13.2 Å². The van der Waals surface area contributed by atoms with Gasteiger partial charge in [-0.05, 0) is 37.0 Å². The third-order valence-corrected chi connectivity index (χ3v) is 7.90. The van der Waals surface area contributed by atoms with Gasteiger partial charge < -0.3 is 0 Å². The molecule has 1 heterocycles. The molecule has 1 aromatic heterocycles. The van der Waals surface area contributed by atoms with Gasteiger partial charge in [-0.3, -0.25) is 14.4 Å². The predicted octanol–water partition coefficient (Wildman–Crippen LogP) is 4.43. The molecule has 0 bridgehead atoms. The first-order chi connectivity index (χ1) is 13.5. The molecule has 7 nitrogen and oxygen atoms in total. The number of rotatable bonds is 9. The van der Waals surface area contributed by atoms with Gasteiger partial charge in [0.05, 0.1) is 11.9 Å². The van der Waals surface area contributed by atoms with E-state index in [1.807, 2.05) is 6.92 Å². The highest BCUT2D eigenvalue weighted by molar-refractivity contribution is 8.01. The summed E-state index contributed by atoms with van der Waals surface area (Å²) in [6, 6.07) is 3.98. The minimum Gasteiger partial charge on any atom is -0.299 e. The van der Waals surface area contributed by atoms with Gasteiger partial charge in [-0.15, -0.1) is 10.2 Å². The number of halogens is 1. The van der Waals surface area contributed by atoms with E-state index in [2.05, 4.69) is 29.4 Å². The van der Waals surface area contributed by atoms with E-state index in [0.29, 0.717) is 21.8 Å². The molecule has 0 saturated carbocycles. The van der Waals surface area contributed by atoms with Crippen LogP contribution in [0.2, 0.25) is 5.02 Å². The van der Waals surface area contributed by atoms with Crippen molar-refractivity contribution in [3.8, 4) is 0 Å². The number of thioether (sulfide) groups is 1. The number of sulfonamides is 1. The second kappa shape index (κ2) is 10.1. The van der Waals surface area contributed by atoms with E-state index < -0.39 is 22.0 Å². The van der Waals surface area contributed by atoms with Crippen LogP contribution in [0.3, 0.4) is 0 Å². The maximum atomic E-state index is 12.9. The number of carbonyl (C=O) groups excluding carboxylic acids is 1. The molecule has 0 radical (unpaired) electrons. The van der Waals surface area contributed by atoms with Crippen molar-refractivity contribution >= 4 is 61.4 Å². The Balaban J connectivity index is 2.25. The number of anilines is 2. The standard InChI is InChI=1S/C18H25ClN4O3S3/c1-6-15(16(24)20-17-21-22-18(28-17)27-10-11(2)3)23(29(5,25)26)13-8-7-12(4)14(19)9-13/h7-9,11,15H,6,10H2,1-5H3,(H,20,21,24). The molecule has 1 atom stereocenters. The number of aryl methyl sites for hydroxylation is 1. The van der Waals surface area contributed by atoms with E-state index >= 15 is 0 Å². The number of aromatic nitrogens is 2. The maximum absolute atomic E-state index is 12.9. The Bertz CT molecular complexity index is 963. The second-order valence-corrected chi connectivity index (χ2v) is 11.5. The molecule has 11 heteroatoms. The SMILES string of the molecule is CCC(C(=O)Nc1nnc(SCC(C)C)s1)N(c1ccc(C)c(Cl)c1)S(C)(=O)=O. The average molecular weight is 477 g/mol. The van der Waals surface area contributed by atoms with Crippen LogP contribution in [0.5, 0.6) is 0 Å². The summed E-state index contributed by atoms with van der Waals surface area (Å²) in [7, 11) is -3.73. The van der Waals surface area contributed by atoms with Crippen LogP contribution < -0.4 is 9.62 Å². The third-order valence-electron chi connectivity index (χ3n) is 3.92. The largest absolute Gasteiger partial charge is 0.299 e. The van der Waals surface area contributed by atoms with E-state index in [1.165, 1.54) is 11.3 Å². The summed E-state index contributed by atoms with van der Waals surface area (Å²) in [6.45, 7) is 7.80. The summed E-state index contributed by atoms with van der Waals surface area (Å²) in [5.74, 6) is 0.943. The normalized spacial score (nSPS) is 12.8. The van der Waals surface area contributed by atoms with Gasteiger partial charge in [0.25, 0.3) is 0 Å². The van der Waals surface area contributed by atoms with Crippen molar-refractivity contribution in [2.45, 2.75) is 44.5 Å². The van der Waals surface area contributed by atoms with Crippen molar-refractivity contribution in [2.75, 3.05) is 21.6 Å². The molecule has 2 rings (SSSR count). The fourth-order valence-corrected chi connectivity index (χ4v) is 5.63. The molecule has 0 fully saturated rings. The molecule has 1 aromatic carbocycles. The van der Waals surface area contributed by atoms with Gasteiger partial charge in [-0.1, -0.05) is 61.5 Å². The molecule has 0 aliphatic rings. The smallest absolute Gasteiger partial charge is 0.250 e. The molecule has 1 N–H and O–H groups in total. The van der Waals surface area contributed by atoms with Gasteiger partial charge in [-0.25, -0.2) is 8.42 Å². The Morgan fingerprint density at radius 2 is 2.03 bits per heavy atom. The highest BCUT2D eigenvalue weighted by Crippen LogP contribution is 2.30. The quantitative estimate of drug-likeness (QED) is 0.425. The van der Waals surface area contributed by atoms with E-state index in [0.717, 1.165) is 26.2 Å². The lowest BCUT2D eigenvalue weighted by Crippen LogP contribution is -2.47. The van der Waals surface area contributed by atoms with Gasteiger partial charge in [-0.2, -0.15) is 0 Å². The van der Waals surface area contributed by atoms with Crippen LogP contribution in [-0.4, -0.2) is 42.6 Å². The summed E-state index contributed by atoms with van der Waals surface area (Å²) in [5, 5.41) is 11.5. The van der Waals surface area contributed by atoms with Gasteiger partial charge in [0.15, 0.2) is 4.34 Å². The van der Waals surface area contributed by atoms with E-state index in [-0.39, 0.29) is 6.42 Å². The summed E-state index contributed by atoms with van der Waals surface area (Å²) in [6.07, 6.45) is 1.35. The summed E-state index contributed by atoms with van der Waals surface area (Å²) < 4.78 is 26.9. The fourth-order valence-electron chi connectivity index (χ4n) is 2.52. The van der Waals surface area contributed by atoms with Gasteiger partial charge in [0.1, 0.15) is 6.04 Å². The van der Waals surface area contributed by atoms with Crippen LogP contribution >= 0.6 is 34.7 Å². The van der Waals surface area contributed by atoms with Gasteiger partial charge >= 0.3 is 0 Å². The highest BCUT2D eigenvalue weighted by atomic mass is 35.5. The Kier molecular flexibility index (Phi) is 8.33. The first kappa shape index (κ1) is 23.9. The minimum atomic E-state index is -3.73. The van der Waals surface area contributed by atoms with Crippen LogP contribution in [-0.2, 0) is 14.8 Å². The molecular weight excluding hydrogens is 452 g/mol. The Morgan fingerprint density at radius 3 is 2.59 bits per heavy atom. The first-order valence-electron chi connectivity index (χ1n) is 9.05. The summed E-state index contributed by atoms with van der Waals surface area (Å²) in [5.41, 5.74) is 1.16. The number of hydrogen-bond donors (Lipinski definition) is 1. The Morgan fingerprint density at radius 1 is 1.34 bits per heavy atom. The third kappa shape index (κ3) is 6.56. The highest BCUT2D eigenvalue weighted by Gasteiger charge is 2.32. The fraction of sp³-hybridized carbons (Fsp3) is 0.500. The molecule has 0 aliphatic heterocycles. The minimum absolute atomic E-state index is 0.276. The zero-order valence-corrected chi connectivity index (χ0v) is 20.2. The number of benzene rings is 1. The lowest BCUT2D eigenvalue weighted by molar-refractivity contribution is -0.117. The van der Waals surface area contributed by atoms with Crippen molar-refractivity contribution < 1.29 is 13.2 Å². The second-order valence-electron chi connectivity index (χ2n) is 6.98. The molecular formula is C18H25ClN4O3S3. The molecule has 1 unspecified atom stereocenters. The van der Waals surface area contributed by atoms with E-state index in [1.54, 1.807) is 36.9 Å². The zero-order valence-electron chi connectivity index (χ0n) is 17.0. The Hall–Kier alpha value is -1.36. The molecule has 0 saturated heterocycles. The molecule has 160 valence electrons. The summed E-state index contributed by atoms with van der Waals surface area (Å²) in [4.78, 5) is 12.9. The van der Waals surface area contributed by atoms with Crippen molar-refractivity contribution in [3.63, 3.8) is 0 Å². The monoisotopic (exact) mass is 476 g/mol. The molecule has 0 spiro atoms. The lowest BCUT2D eigenvalue weighted by atomic mass is 10.1. The van der Waals surface area contributed by atoms with Crippen molar-refractivity contribution in [3.05, 3.63) is 28.8 Å². The van der Waals surface area contributed by atoms with Crippen molar-refractivity contribution in [1.29, 1.82) is 0 Å². The van der Waals surface area contributed by atoms with Crippen molar-refractivity contribution in [1.82, 2.24) is 10.2 Å². The number of nitrogens with one attached hydrogen (secondary N) is 1.